The lowest BCUT2D eigenvalue weighted by atomic mass is 10.5. The molecule has 0 amide bonds. The minimum Gasteiger partial charge on any atom is -0.434 e. The minimum absolute atomic E-state index is 0.115. The predicted molar refractivity (Wildman–Crippen MR) is 86.5 cm³/mol. The highest BCUT2D eigenvalue weighted by atomic mass is 31.2. The van der Waals surface area contributed by atoms with Gasteiger partial charge in [0.1, 0.15) is 0 Å². The number of rotatable bonds is 12. The number of ether oxygens (including phenoxy) is 4. The van der Waals surface area contributed by atoms with E-state index >= 15 is 0 Å². The van der Waals surface area contributed by atoms with Gasteiger partial charge in [0.05, 0.1) is 13.2 Å². The van der Waals surface area contributed by atoms with Crippen LogP contribution in [0, 0.1) is 0 Å². The Balaban J connectivity index is 4.56. The van der Waals surface area contributed by atoms with Crippen LogP contribution in [0.15, 0.2) is 0 Å². The molecule has 0 aliphatic carbocycles. The normalized spacial score (nSPS) is 15.6. The van der Waals surface area contributed by atoms with E-state index in [1.165, 1.54) is 0 Å². The molecule has 147 valence electrons. The van der Waals surface area contributed by atoms with E-state index in [0.29, 0.717) is 12.8 Å². The van der Waals surface area contributed by atoms with E-state index in [9.17, 15) is 14.2 Å². The molecular formula is C14H27NO9P. The third-order valence-corrected chi connectivity index (χ3v) is 3.51. The molecule has 0 heterocycles. The maximum absolute atomic E-state index is 12.1. The summed E-state index contributed by atoms with van der Waals surface area (Å²) in [6.07, 6.45) is -3.14. The van der Waals surface area contributed by atoms with Crippen LogP contribution in [0.1, 0.15) is 53.4 Å². The fourth-order valence-electron chi connectivity index (χ4n) is 1.35. The van der Waals surface area contributed by atoms with Crippen LogP contribution >= 0.6 is 7.75 Å². The Hall–Kier alpha value is -1.35. The second kappa shape index (κ2) is 12.9. The van der Waals surface area contributed by atoms with E-state index in [1.54, 1.807) is 13.8 Å². The predicted octanol–water partition coefficient (Wildman–Crippen LogP) is 4.01. The summed E-state index contributed by atoms with van der Waals surface area (Å²) in [4.78, 5) is 22.8. The van der Waals surface area contributed by atoms with E-state index in [0.717, 1.165) is 0 Å². The van der Waals surface area contributed by atoms with Gasteiger partial charge in [-0.1, -0.05) is 27.7 Å². The first-order valence-corrected chi connectivity index (χ1v) is 9.70. The number of hydrogen-bond acceptors (Lipinski definition) is 9. The molecule has 10 nitrogen and oxygen atoms in total. The molecule has 0 spiro atoms. The van der Waals surface area contributed by atoms with Crippen LogP contribution in [-0.4, -0.2) is 38.1 Å². The van der Waals surface area contributed by atoms with Gasteiger partial charge in [0.2, 0.25) is 12.6 Å². The van der Waals surface area contributed by atoms with Crippen LogP contribution < -0.4 is 5.50 Å². The Kier molecular flexibility index (Phi) is 12.2. The lowest BCUT2D eigenvalue weighted by Gasteiger charge is -2.23. The first-order valence-electron chi connectivity index (χ1n) is 8.16. The molecule has 1 radical (unpaired) electrons. The summed E-state index contributed by atoms with van der Waals surface area (Å²) in [6.45, 7) is 7.12. The molecule has 1 N–H and O–H groups in total. The van der Waals surface area contributed by atoms with Crippen molar-refractivity contribution >= 4 is 20.1 Å². The van der Waals surface area contributed by atoms with Crippen LogP contribution in [0.3, 0.4) is 0 Å². The van der Waals surface area contributed by atoms with Gasteiger partial charge in [0, 0.05) is 12.8 Å². The summed E-state index contributed by atoms with van der Waals surface area (Å²) in [6, 6.07) is 0. The summed E-state index contributed by atoms with van der Waals surface area (Å²) in [7, 11) is -4.42. The zero-order valence-corrected chi connectivity index (χ0v) is 15.9. The van der Waals surface area contributed by atoms with E-state index in [2.05, 4.69) is 0 Å². The van der Waals surface area contributed by atoms with E-state index in [-0.39, 0.29) is 26.1 Å². The van der Waals surface area contributed by atoms with Crippen molar-refractivity contribution in [3.63, 3.8) is 0 Å². The summed E-state index contributed by atoms with van der Waals surface area (Å²) >= 11 is 0. The van der Waals surface area contributed by atoms with Crippen molar-refractivity contribution in [2.75, 3.05) is 13.2 Å². The Bertz CT molecular complexity index is 410. The van der Waals surface area contributed by atoms with E-state index < -0.39 is 32.6 Å². The molecule has 0 aromatic heterocycles. The summed E-state index contributed by atoms with van der Waals surface area (Å²) in [5.41, 5.74) is 7.61. The summed E-state index contributed by atoms with van der Waals surface area (Å²) in [5, 5.41) is 0. The number of hydrogen-bond donors (Lipinski definition) is 0. The molecular weight excluding hydrogens is 357 g/mol. The van der Waals surface area contributed by atoms with Crippen LogP contribution in [0.5, 0.6) is 0 Å². The van der Waals surface area contributed by atoms with Crippen LogP contribution in [0.4, 0.5) is 9.59 Å². The average Bonchev–Trinajstić information content (AvgIpc) is 2.56. The summed E-state index contributed by atoms with van der Waals surface area (Å²) < 4.78 is 40.9. The fourth-order valence-corrected chi connectivity index (χ4v) is 2.40. The zero-order valence-electron chi connectivity index (χ0n) is 15.0. The molecule has 0 saturated carbocycles. The maximum Gasteiger partial charge on any atom is 0.510 e. The first kappa shape index (κ1) is 23.6. The second-order valence-corrected chi connectivity index (χ2v) is 6.23. The highest BCUT2D eigenvalue weighted by Crippen LogP contribution is 2.46. The number of nitrogens with one attached hydrogen (secondary N) is 1. The van der Waals surface area contributed by atoms with Gasteiger partial charge in [-0.25, -0.2) is 14.2 Å². The second-order valence-electron chi connectivity index (χ2n) is 4.82. The number of carbonyl (C=O) groups is 2. The van der Waals surface area contributed by atoms with Crippen molar-refractivity contribution < 1.29 is 42.1 Å². The average molecular weight is 384 g/mol. The highest BCUT2D eigenvalue weighted by Gasteiger charge is 2.32. The molecule has 11 heteroatoms. The van der Waals surface area contributed by atoms with Crippen molar-refractivity contribution in [3.8, 4) is 0 Å². The van der Waals surface area contributed by atoms with Gasteiger partial charge in [-0.15, -0.1) is 5.50 Å². The molecule has 2 atom stereocenters. The van der Waals surface area contributed by atoms with Gasteiger partial charge in [0.25, 0.3) is 0 Å². The van der Waals surface area contributed by atoms with Gasteiger partial charge in [0.15, 0.2) is 0 Å². The van der Waals surface area contributed by atoms with Crippen LogP contribution in [0.2, 0.25) is 0 Å². The molecule has 0 rings (SSSR count). The largest absolute Gasteiger partial charge is 0.510 e. The van der Waals surface area contributed by atoms with Gasteiger partial charge >= 0.3 is 20.1 Å². The maximum atomic E-state index is 12.1. The molecule has 0 fully saturated rings. The Labute approximate surface area is 147 Å². The minimum atomic E-state index is -4.42. The van der Waals surface area contributed by atoms with Crippen molar-refractivity contribution in [3.05, 3.63) is 0 Å². The smallest absolute Gasteiger partial charge is 0.434 e. The Morgan fingerprint density at radius 2 is 1.20 bits per heavy atom. The molecule has 0 saturated heterocycles. The fraction of sp³-hybridized carbons (Fsp3) is 0.857. The van der Waals surface area contributed by atoms with Crippen molar-refractivity contribution in [1.29, 1.82) is 0 Å². The van der Waals surface area contributed by atoms with Crippen molar-refractivity contribution in [2.45, 2.75) is 66.0 Å². The monoisotopic (exact) mass is 384 g/mol. The molecule has 0 aromatic rings. The van der Waals surface area contributed by atoms with Crippen LogP contribution in [-0.2, 0) is 32.6 Å². The van der Waals surface area contributed by atoms with E-state index in [1.807, 2.05) is 13.8 Å². The van der Waals surface area contributed by atoms with Crippen LogP contribution in [0.25, 0.3) is 0 Å². The molecule has 0 aliphatic rings. The zero-order chi connectivity index (χ0) is 19.3. The van der Waals surface area contributed by atoms with Gasteiger partial charge < -0.3 is 18.9 Å². The van der Waals surface area contributed by atoms with Crippen molar-refractivity contribution in [1.82, 2.24) is 5.50 Å². The topological polar surface area (TPSA) is 130 Å². The molecule has 0 aromatic carbocycles. The van der Waals surface area contributed by atoms with Crippen molar-refractivity contribution in [2.24, 2.45) is 0 Å². The molecule has 0 aliphatic heterocycles. The molecule has 2 unspecified atom stereocenters. The van der Waals surface area contributed by atoms with Gasteiger partial charge in [-0.3, -0.25) is 9.05 Å². The summed E-state index contributed by atoms with van der Waals surface area (Å²) in [5.74, 6) is 0. The molecule has 0 bridgehead atoms. The standard InChI is InChI=1S/C14H27NO9P/c1-5-9-19-13(16)21-11(7-3)23-25(15,18)24-12(8-4)22-14(17)20-10-6-2/h11-12,15H,5-10H2,1-4H3. The Morgan fingerprint density at radius 1 is 0.840 bits per heavy atom. The highest BCUT2D eigenvalue weighted by molar-refractivity contribution is 7.50. The van der Waals surface area contributed by atoms with E-state index in [4.69, 9.17) is 33.5 Å². The Morgan fingerprint density at radius 3 is 1.48 bits per heavy atom. The van der Waals surface area contributed by atoms with Gasteiger partial charge in [-0.05, 0) is 12.8 Å². The lowest BCUT2D eigenvalue weighted by Crippen LogP contribution is -2.25. The quantitative estimate of drug-likeness (QED) is 0.278. The molecule has 25 heavy (non-hydrogen) atoms. The van der Waals surface area contributed by atoms with Gasteiger partial charge in [-0.2, -0.15) is 0 Å². The SMILES string of the molecule is CCCOC(=O)OC(CC)OP([NH])(=O)OC(CC)OC(=O)OCCC. The third kappa shape index (κ3) is 11.8. The lowest BCUT2D eigenvalue weighted by molar-refractivity contribution is -0.0990. The first-order chi connectivity index (χ1) is 11.8. The third-order valence-electron chi connectivity index (χ3n) is 2.48. The number of carbonyl (C=O) groups excluding carboxylic acids is 2.